The Morgan fingerprint density at radius 3 is 2.67 bits per heavy atom. The van der Waals surface area contributed by atoms with Gasteiger partial charge in [-0.2, -0.15) is 0 Å². The highest BCUT2D eigenvalue weighted by Gasteiger charge is 2.09. The zero-order valence-electron chi connectivity index (χ0n) is 12.0. The van der Waals surface area contributed by atoms with E-state index in [1.54, 1.807) is 0 Å². The zero-order valence-corrected chi connectivity index (χ0v) is 12.8. The van der Waals surface area contributed by atoms with Crippen molar-refractivity contribution < 1.29 is 4.21 Å². The third kappa shape index (κ3) is 4.91. The van der Waals surface area contributed by atoms with Crippen LogP contribution in [0.25, 0.3) is 0 Å². The summed E-state index contributed by atoms with van der Waals surface area (Å²) in [5.41, 5.74) is 2.37. The molecule has 0 fully saturated rings. The minimum absolute atomic E-state index is 0.444. The average molecular weight is 267 g/mol. The molecule has 2 nitrogen and oxygen atoms in total. The third-order valence-electron chi connectivity index (χ3n) is 3.05. The van der Waals surface area contributed by atoms with Gasteiger partial charge in [-0.15, -0.1) is 0 Å². The second kappa shape index (κ2) is 7.70. The summed E-state index contributed by atoms with van der Waals surface area (Å²) in [7, 11) is -0.869. The molecule has 0 radical (unpaired) electrons. The van der Waals surface area contributed by atoms with E-state index in [1.165, 1.54) is 5.56 Å². The van der Waals surface area contributed by atoms with E-state index in [0.29, 0.717) is 6.04 Å². The summed E-state index contributed by atoms with van der Waals surface area (Å²) in [5, 5.41) is 3.43. The molecule has 0 heterocycles. The second-order valence-electron chi connectivity index (χ2n) is 4.96. The minimum Gasteiger partial charge on any atom is -0.314 e. The maximum absolute atomic E-state index is 12.2. The summed E-state index contributed by atoms with van der Waals surface area (Å²) in [4.78, 5) is 0.989. The molecule has 0 bridgehead atoms. The normalized spacial score (nSPS) is 14.4. The number of aryl methyl sites for hydroxylation is 2. The summed E-state index contributed by atoms with van der Waals surface area (Å²) in [6.07, 6.45) is 2.10. The van der Waals surface area contributed by atoms with Gasteiger partial charge in [0.05, 0.1) is 10.8 Å². The summed E-state index contributed by atoms with van der Waals surface area (Å²) < 4.78 is 12.2. The van der Waals surface area contributed by atoms with E-state index >= 15 is 0 Å². The van der Waals surface area contributed by atoms with Gasteiger partial charge < -0.3 is 5.32 Å². The molecule has 2 unspecified atom stereocenters. The summed E-state index contributed by atoms with van der Waals surface area (Å²) in [5.74, 6) is 0.738. The Balaban J connectivity index is 2.50. The lowest BCUT2D eigenvalue weighted by molar-refractivity contribution is 0.533. The smallest absolute Gasteiger partial charge is 0.0532 e. The van der Waals surface area contributed by atoms with E-state index in [-0.39, 0.29) is 0 Å². The monoisotopic (exact) mass is 267 g/mol. The first-order chi connectivity index (χ1) is 8.54. The van der Waals surface area contributed by atoms with Crippen molar-refractivity contribution in [2.45, 2.75) is 51.5 Å². The largest absolute Gasteiger partial charge is 0.314 e. The molecule has 18 heavy (non-hydrogen) atoms. The SMILES string of the molecule is CCCNC(C)CCS(=O)c1ccc(C)cc1C. The van der Waals surface area contributed by atoms with Crippen molar-refractivity contribution in [2.75, 3.05) is 12.3 Å². The molecule has 0 saturated heterocycles. The lowest BCUT2D eigenvalue weighted by Crippen LogP contribution is -2.28. The van der Waals surface area contributed by atoms with Crippen LogP contribution in [-0.2, 0) is 10.8 Å². The van der Waals surface area contributed by atoms with E-state index in [1.807, 2.05) is 19.1 Å². The molecule has 1 rings (SSSR count). The van der Waals surface area contributed by atoms with E-state index in [0.717, 1.165) is 35.6 Å². The molecule has 1 aromatic rings. The molecule has 0 aliphatic rings. The van der Waals surface area contributed by atoms with Crippen LogP contribution >= 0.6 is 0 Å². The Hall–Kier alpha value is -0.670. The highest BCUT2D eigenvalue weighted by atomic mass is 32.2. The molecular weight excluding hydrogens is 242 g/mol. The molecular formula is C15H25NOS. The number of hydrogen-bond donors (Lipinski definition) is 1. The van der Waals surface area contributed by atoms with Gasteiger partial charge in [-0.3, -0.25) is 4.21 Å². The Morgan fingerprint density at radius 1 is 1.33 bits per heavy atom. The lowest BCUT2D eigenvalue weighted by atomic mass is 10.2. The van der Waals surface area contributed by atoms with Crippen LogP contribution in [0.15, 0.2) is 23.1 Å². The summed E-state index contributed by atoms with van der Waals surface area (Å²) in [6, 6.07) is 6.59. The summed E-state index contributed by atoms with van der Waals surface area (Å²) in [6.45, 7) is 9.47. The number of nitrogens with one attached hydrogen (secondary N) is 1. The standard InChI is InChI=1S/C15H25NOS/c1-5-9-16-14(4)8-10-18(17)15-7-6-12(2)11-13(15)3/h6-7,11,14,16H,5,8-10H2,1-4H3. The van der Waals surface area contributed by atoms with Crippen molar-refractivity contribution in [3.8, 4) is 0 Å². The molecule has 2 atom stereocenters. The van der Waals surface area contributed by atoms with Crippen molar-refractivity contribution in [1.29, 1.82) is 0 Å². The molecule has 1 aromatic carbocycles. The molecule has 0 aliphatic carbocycles. The second-order valence-corrected chi connectivity index (χ2v) is 6.50. The van der Waals surface area contributed by atoms with Gasteiger partial charge in [-0.1, -0.05) is 24.6 Å². The first-order valence-corrected chi connectivity index (χ1v) is 8.05. The predicted octanol–water partition coefficient (Wildman–Crippen LogP) is 3.19. The Kier molecular flexibility index (Phi) is 6.58. The lowest BCUT2D eigenvalue weighted by Gasteiger charge is -2.13. The quantitative estimate of drug-likeness (QED) is 0.822. The van der Waals surface area contributed by atoms with Gasteiger partial charge in [0, 0.05) is 16.7 Å². The van der Waals surface area contributed by atoms with Crippen LogP contribution < -0.4 is 5.32 Å². The van der Waals surface area contributed by atoms with Crippen molar-refractivity contribution >= 4 is 10.8 Å². The van der Waals surface area contributed by atoms with E-state index in [2.05, 4.69) is 32.2 Å². The van der Waals surface area contributed by atoms with Gasteiger partial charge in [0.2, 0.25) is 0 Å². The number of benzene rings is 1. The van der Waals surface area contributed by atoms with Crippen molar-refractivity contribution in [3.63, 3.8) is 0 Å². The fraction of sp³-hybridized carbons (Fsp3) is 0.600. The number of rotatable bonds is 7. The van der Waals surface area contributed by atoms with Gasteiger partial charge in [0.1, 0.15) is 0 Å². The topological polar surface area (TPSA) is 29.1 Å². The highest BCUT2D eigenvalue weighted by Crippen LogP contribution is 2.15. The molecule has 102 valence electrons. The Morgan fingerprint density at radius 2 is 2.06 bits per heavy atom. The minimum atomic E-state index is -0.869. The van der Waals surface area contributed by atoms with Gasteiger partial charge in [-0.05, 0) is 51.8 Å². The van der Waals surface area contributed by atoms with Crippen LogP contribution in [0.3, 0.4) is 0 Å². The van der Waals surface area contributed by atoms with E-state index in [9.17, 15) is 4.21 Å². The molecule has 0 saturated carbocycles. The Bertz CT molecular complexity index is 403. The van der Waals surface area contributed by atoms with Crippen molar-refractivity contribution in [2.24, 2.45) is 0 Å². The third-order valence-corrected chi connectivity index (χ3v) is 4.61. The van der Waals surface area contributed by atoms with E-state index < -0.39 is 10.8 Å². The van der Waals surface area contributed by atoms with Crippen LogP contribution in [0, 0.1) is 13.8 Å². The van der Waals surface area contributed by atoms with Crippen LogP contribution in [0.5, 0.6) is 0 Å². The van der Waals surface area contributed by atoms with Crippen LogP contribution in [0.4, 0.5) is 0 Å². The van der Waals surface area contributed by atoms with Gasteiger partial charge in [-0.25, -0.2) is 0 Å². The fourth-order valence-corrected chi connectivity index (χ4v) is 3.37. The maximum Gasteiger partial charge on any atom is 0.0532 e. The summed E-state index contributed by atoms with van der Waals surface area (Å²) >= 11 is 0. The van der Waals surface area contributed by atoms with Crippen LogP contribution in [0.2, 0.25) is 0 Å². The zero-order chi connectivity index (χ0) is 13.5. The number of hydrogen-bond acceptors (Lipinski definition) is 2. The molecule has 0 aromatic heterocycles. The van der Waals surface area contributed by atoms with Crippen LogP contribution in [-0.4, -0.2) is 22.5 Å². The van der Waals surface area contributed by atoms with Crippen LogP contribution in [0.1, 0.15) is 37.8 Å². The predicted molar refractivity (Wildman–Crippen MR) is 79.6 cm³/mol. The van der Waals surface area contributed by atoms with Crippen molar-refractivity contribution in [3.05, 3.63) is 29.3 Å². The van der Waals surface area contributed by atoms with Gasteiger partial charge >= 0.3 is 0 Å². The van der Waals surface area contributed by atoms with Crippen molar-refractivity contribution in [1.82, 2.24) is 5.32 Å². The van der Waals surface area contributed by atoms with Gasteiger partial charge in [0.15, 0.2) is 0 Å². The highest BCUT2D eigenvalue weighted by molar-refractivity contribution is 7.85. The first-order valence-electron chi connectivity index (χ1n) is 6.73. The van der Waals surface area contributed by atoms with Gasteiger partial charge in [0.25, 0.3) is 0 Å². The molecule has 0 aliphatic heterocycles. The fourth-order valence-electron chi connectivity index (χ4n) is 1.94. The molecule has 1 N–H and O–H groups in total. The molecule has 3 heteroatoms. The molecule has 0 amide bonds. The van der Waals surface area contributed by atoms with E-state index in [4.69, 9.17) is 0 Å². The maximum atomic E-state index is 12.2. The Labute approximate surface area is 114 Å². The first kappa shape index (κ1) is 15.4. The molecule has 0 spiro atoms. The average Bonchev–Trinajstić information content (AvgIpc) is 2.33.